The van der Waals surface area contributed by atoms with E-state index in [0.29, 0.717) is 5.69 Å². The zero-order chi connectivity index (χ0) is 23.3. The minimum absolute atomic E-state index is 0.0317. The summed E-state index contributed by atoms with van der Waals surface area (Å²) in [6.45, 7) is -0.503. The Bertz CT molecular complexity index is 1120. The standard InChI is InChI=1S/C20H16F4N4O4/c1-31-16-6-5-12(8-14(16)21)26-17-9-15(27-19(28-17)25-10-18(29)30)11-3-2-4-13(7-11)32-20(22,23)24/h2-9H,10H2,1H3,(H,29,30)(H2,25,26,27,28). The van der Waals surface area contributed by atoms with Crippen LogP contribution in [-0.2, 0) is 4.79 Å². The third-order valence-corrected chi connectivity index (χ3v) is 3.91. The number of nitrogens with one attached hydrogen (secondary N) is 2. The van der Waals surface area contributed by atoms with Crippen LogP contribution >= 0.6 is 0 Å². The summed E-state index contributed by atoms with van der Waals surface area (Å²) in [5, 5.41) is 14.2. The van der Waals surface area contributed by atoms with Gasteiger partial charge in [0.1, 0.15) is 18.1 Å². The van der Waals surface area contributed by atoms with Crippen LogP contribution in [0.1, 0.15) is 0 Å². The smallest absolute Gasteiger partial charge is 0.494 e. The highest BCUT2D eigenvalue weighted by Gasteiger charge is 2.31. The topological polar surface area (TPSA) is 106 Å². The Kier molecular flexibility index (Phi) is 6.61. The highest BCUT2D eigenvalue weighted by molar-refractivity contribution is 5.73. The molecule has 0 aliphatic rings. The van der Waals surface area contributed by atoms with Crippen molar-refractivity contribution < 1.29 is 36.9 Å². The molecule has 2 aromatic carbocycles. The van der Waals surface area contributed by atoms with Crippen molar-refractivity contribution in [3.05, 3.63) is 54.3 Å². The van der Waals surface area contributed by atoms with Gasteiger partial charge in [-0.15, -0.1) is 13.2 Å². The number of halogens is 4. The number of anilines is 3. The first-order chi connectivity index (χ1) is 15.1. The Labute approximate surface area is 178 Å². The number of rotatable bonds is 8. The molecule has 3 N–H and O–H groups in total. The molecule has 32 heavy (non-hydrogen) atoms. The van der Waals surface area contributed by atoms with Crippen LogP contribution in [0.15, 0.2) is 48.5 Å². The van der Waals surface area contributed by atoms with Crippen molar-refractivity contribution in [1.29, 1.82) is 0 Å². The highest BCUT2D eigenvalue weighted by atomic mass is 19.4. The van der Waals surface area contributed by atoms with Crippen molar-refractivity contribution >= 4 is 23.4 Å². The first-order valence-corrected chi connectivity index (χ1v) is 8.94. The predicted octanol–water partition coefficient (Wildman–Crippen LogP) is 4.43. The summed E-state index contributed by atoms with van der Waals surface area (Å²) in [6, 6.07) is 10.5. The highest BCUT2D eigenvalue weighted by Crippen LogP contribution is 2.30. The molecule has 0 bridgehead atoms. The Morgan fingerprint density at radius 1 is 1.12 bits per heavy atom. The van der Waals surface area contributed by atoms with Crippen molar-refractivity contribution in [3.63, 3.8) is 0 Å². The normalized spacial score (nSPS) is 11.0. The molecule has 0 aliphatic carbocycles. The van der Waals surface area contributed by atoms with Gasteiger partial charge in [-0.2, -0.15) is 4.98 Å². The third-order valence-electron chi connectivity index (χ3n) is 3.91. The molecule has 0 aliphatic heterocycles. The molecule has 1 heterocycles. The largest absolute Gasteiger partial charge is 0.573 e. The number of carboxylic acid groups (broad SMARTS) is 1. The van der Waals surface area contributed by atoms with Crippen LogP contribution in [0.4, 0.5) is 35.0 Å². The molecule has 0 saturated carbocycles. The number of aromatic nitrogens is 2. The maximum Gasteiger partial charge on any atom is 0.573 e. The van der Waals surface area contributed by atoms with Gasteiger partial charge in [-0.3, -0.25) is 4.79 Å². The van der Waals surface area contributed by atoms with E-state index in [4.69, 9.17) is 9.84 Å². The summed E-state index contributed by atoms with van der Waals surface area (Å²) in [4.78, 5) is 19.1. The van der Waals surface area contributed by atoms with Crippen molar-refractivity contribution in [2.24, 2.45) is 0 Å². The molecule has 0 spiro atoms. The number of methoxy groups -OCH3 is 1. The average Bonchev–Trinajstić information content (AvgIpc) is 2.71. The Morgan fingerprint density at radius 3 is 2.56 bits per heavy atom. The van der Waals surface area contributed by atoms with Crippen molar-refractivity contribution in [2.75, 3.05) is 24.3 Å². The molecule has 8 nitrogen and oxygen atoms in total. The molecular weight excluding hydrogens is 436 g/mol. The lowest BCUT2D eigenvalue weighted by atomic mass is 10.1. The first kappa shape index (κ1) is 22.6. The van der Waals surface area contributed by atoms with Crippen LogP contribution in [0.3, 0.4) is 0 Å². The molecule has 0 unspecified atom stereocenters. The molecular formula is C20H16F4N4O4. The number of benzene rings is 2. The molecule has 168 valence electrons. The quantitative estimate of drug-likeness (QED) is 0.431. The van der Waals surface area contributed by atoms with Gasteiger partial charge in [0.25, 0.3) is 0 Å². The average molecular weight is 452 g/mol. The van der Waals surface area contributed by atoms with E-state index in [0.717, 1.165) is 18.2 Å². The molecule has 1 aromatic heterocycles. The fourth-order valence-corrected chi connectivity index (χ4v) is 2.64. The van der Waals surface area contributed by atoms with Crippen LogP contribution in [0.25, 0.3) is 11.3 Å². The van der Waals surface area contributed by atoms with E-state index in [1.54, 1.807) is 0 Å². The second-order valence-corrected chi connectivity index (χ2v) is 6.26. The maximum absolute atomic E-state index is 14.0. The molecule has 0 amide bonds. The van der Waals surface area contributed by atoms with E-state index in [1.165, 1.54) is 37.4 Å². The van der Waals surface area contributed by atoms with Gasteiger partial charge in [-0.1, -0.05) is 12.1 Å². The number of aliphatic carboxylic acids is 1. The number of carbonyl (C=O) groups is 1. The molecule has 0 radical (unpaired) electrons. The van der Waals surface area contributed by atoms with Gasteiger partial charge in [0.2, 0.25) is 5.95 Å². The zero-order valence-corrected chi connectivity index (χ0v) is 16.4. The Balaban J connectivity index is 1.97. The number of hydrogen-bond acceptors (Lipinski definition) is 7. The van der Waals surface area contributed by atoms with Crippen molar-refractivity contribution in [1.82, 2.24) is 9.97 Å². The van der Waals surface area contributed by atoms with Gasteiger partial charge < -0.3 is 25.2 Å². The van der Waals surface area contributed by atoms with Crippen LogP contribution in [0.2, 0.25) is 0 Å². The fourth-order valence-electron chi connectivity index (χ4n) is 2.64. The van der Waals surface area contributed by atoms with Crippen LogP contribution in [0, 0.1) is 5.82 Å². The van der Waals surface area contributed by atoms with Crippen molar-refractivity contribution in [3.8, 4) is 22.8 Å². The summed E-state index contributed by atoms with van der Waals surface area (Å²) >= 11 is 0. The van der Waals surface area contributed by atoms with E-state index in [9.17, 15) is 22.4 Å². The molecule has 0 saturated heterocycles. The van der Waals surface area contributed by atoms with E-state index in [2.05, 4.69) is 25.3 Å². The van der Waals surface area contributed by atoms with E-state index >= 15 is 0 Å². The Hall–Kier alpha value is -4.09. The summed E-state index contributed by atoms with van der Waals surface area (Å²) < 4.78 is 60.4. The lowest BCUT2D eigenvalue weighted by Gasteiger charge is -2.13. The molecule has 0 atom stereocenters. The van der Waals surface area contributed by atoms with Crippen molar-refractivity contribution in [2.45, 2.75) is 6.36 Å². The second kappa shape index (κ2) is 9.37. The van der Waals surface area contributed by atoms with Gasteiger partial charge in [0, 0.05) is 23.4 Å². The van der Waals surface area contributed by atoms with E-state index in [-0.39, 0.29) is 28.8 Å². The predicted molar refractivity (Wildman–Crippen MR) is 107 cm³/mol. The van der Waals surface area contributed by atoms with Gasteiger partial charge in [0.15, 0.2) is 11.6 Å². The lowest BCUT2D eigenvalue weighted by molar-refractivity contribution is -0.274. The van der Waals surface area contributed by atoms with E-state index in [1.807, 2.05) is 0 Å². The number of alkyl halides is 3. The summed E-state index contributed by atoms with van der Waals surface area (Å²) in [5.74, 6) is -2.21. The Morgan fingerprint density at radius 2 is 1.91 bits per heavy atom. The maximum atomic E-state index is 14.0. The minimum atomic E-state index is -4.87. The first-order valence-electron chi connectivity index (χ1n) is 8.94. The van der Waals surface area contributed by atoms with Crippen LogP contribution < -0.4 is 20.1 Å². The zero-order valence-electron chi connectivity index (χ0n) is 16.4. The summed E-state index contributed by atoms with van der Waals surface area (Å²) in [7, 11) is 1.32. The lowest BCUT2D eigenvalue weighted by Crippen LogP contribution is -2.17. The number of ether oxygens (including phenoxy) is 2. The number of hydrogen-bond donors (Lipinski definition) is 3. The molecule has 0 fully saturated rings. The fraction of sp³-hybridized carbons (Fsp3) is 0.150. The monoisotopic (exact) mass is 452 g/mol. The van der Waals surface area contributed by atoms with Crippen LogP contribution in [-0.4, -0.2) is 41.1 Å². The van der Waals surface area contributed by atoms with Gasteiger partial charge in [0.05, 0.1) is 12.8 Å². The van der Waals surface area contributed by atoms with Gasteiger partial charge >= 0.3 is 12.3 Å². The summed E-state index contributed by atoms with van der Waals surface area (Å²) in [5.41, 5.74) is 0.708. The molecule has 3 rings (SSSR count). The second-order valence-electron chi connectivity index (χ2n) is 6.26. The van der Waals surface area contributed by atoms with Crippen LogP contribution in [0.5, 0.6) is 11.5 Å². The molecule has 3 aromatic rings. The number of nitrogens with zero attached hydrogens (tertiary/aromatic N) is 2. The van der Waals surface area contributed by atoms with Gasteiger partial charge in [-0.05, 0) is 24.3 Å². The van der Waals surface area contributed by atoms with Gasteiger partial charge in [-0.25, -0.2) is 9.37 Å². The number of carboxylic acids is 1. The third kappa shape index (κ3) is 6.20. The summed E-state index contributed by atoms with van der Waals surface area (Å²) in [6.07, 6.45) is -4.87. The van der Waals surface area contributed by atoms with E-state index < -0.39 is 30.4 Å². The SMILES string of the molecule is COc1ccc(Nc2cc(-c3cccc(OC(F)(F)F)c3)nc(NCC(=O)O)n2)cc1F. The minimum Gasteiger partial charge on any atom is -0.494 e. The molecule has 12 heteroatoms.